The Morgan fingerprint density at radius 2 is 2.45 bits per heavy atom. The number of carbonyl (C=O) groups is 1. The van der Waals surface area contributed by atoms with E-state index in [4.69, 9.17) is 4.74 Å². The molecule has 0 atom stereocenters. The van der Waals surface area contributed by atoms with Gasteiger partial charge in [0.1, 0.15) is 5.51 Å². The van der Waals surface area contributed by atoms with Crippen LogP contribution >= 0.6 is 11.5 Å². The fraction of sp³-hybridized carbons (Fsp3) is 0.500. The second-order valence-electron chi connectivity index (χ2n) is 2.21. The van der Waals surface area contributed by atoms with E-state index in [0.29, 0.717) is 0 Å². The third-order valence-electron chi connectivity index (χ3n) is 0.887. The summed E-state index contributed by atoms with van der Waals surface area (Å²) in [6.45, 7) is 3.56. The fourth-order valence-electron chi connectivity index (χ4n) is 0.527. The van der Waals surface area contributed by atoms with Crippen LogP contribution in [0, 0.1) is 0 Å². The van der Waals surface area contributed by atoms with Crippen LogP contribution in [0.15, 0.2) is 5.51 Å². The second-order valence-corrected chi connectivity index (χ2v) is 2.81. The molecule has 4 nitrogen and oxygen atoms in total. The quantitative estimate of drug-likeness (QED) is 0.627. The lowest BCUT2D eigenvalue weighted by Gasteiger charge is -2.03. The van der Waals surface area contributed by atoms with E-state index >= 15 is 0 Å². The molecule has 0 saturated heterocycles. The average Bonchev–Trinajstić information content (AvgIpc) is 2.35. The van der Waals surface area contributed by atoms with Crippen molar-refractivity contribution in [2.75, 3.05) is 0 Å². The Morgan fingerprint density at radius 3 is 2.91 bits per heavy atom. The zero-order chi connectivity index (χ0) is 8.27. The predicted molar refractivity (Wildman–Crippen MR) is 40.5 cm³/mol. The minimum atomic E-state index is -0.457. The standard InChI is InChI=1S/C6H8N2O2S/c1-4(2)10-6(9)5-7-3-11-8-5/h3-4H,1-2H3. The van der Waals surface area contributed by atoms with Crippen LogP contribution in [0.3, 0.4) is 0 Å². The highest BCUT2D eigenvalue weighted by atomic mass is 32.1. The number of nitrogens with zero attached hydrogens (tertiary/aromatic N) is 2. The summed E-state index contributed by atoms with van der Waals surface area (Å²) in [5, 5.41) is 0. The number of hydrogen-bond acceptors (Lipinski definition) is 5. The third-order valence-corrected chi connectivity index (χ3v) is 1.36. The molecule has 0 bridgehead atoms. The first-order valence-corrected chi connectivity index (χ1v) is 4.01. The molecule has 0 radical (unpaired) electrons. The van der Waals surface area contributed by atoms with Crippen molar-refractivity contribution in [3.05, 3.63) is 11.3 Å². The number of carbonyl (C=O) groups excluding carboxylic acids is 1. The minimum Gasteiger partial charge on any atom is -0.457 e. The van der Waals surface area contributed by atoms with E-state index in [1.54, 1.807) is 13.8 Å². The molecule has 0 unspecified atom stereocenters. The highest BCUT2D eigenvalue weighted by Gasteiger charge is 2.11. The van der Waals surface area contributed by atoms with Crippen LogP contribution in [-0.4, -0.2) is 21.4 Å². The van der Waals surface area contributed by atoms with Crippen LogP contribution in [0.1, 0.15) is 24.5 Å². The van der Waals surface area contributed by atoms with E-state index in [-0.39, 0.29) is 11.9 Å². The van der Waals surface area contributed by atoms with Gasteiger partial charge in [0.15, 0.2) is 0 Å². The van der Waals surface area contributed by atoms with Gasteiger partial charge >= 0.3 is 5.97 Å². The van der Waals surface area contributed by atoms with Gasteiger partial charge in [0.05, 0.1) is 6.10 Å². The third kappa shape index (κ3) is 2.27. The summed E-state index contributed by atoms with van der Waals surface area (Å²) < 4.78 is 8.56. The molecular formula is C6H8N2O2S. The lowest BCUT2D eigenvalue weighted by molar-refractivity contribution is 0.0365. The van der Waals surface area contributed by atoms with Crippen molar-refractivity contribution in [2.24, 2.45) is 0 Å². The lowest BCUT2D eigenvalue weighted by atomic mass is 10.5. The maximum atomic E-state index is 11.0. The molecule has 0 spiro atoms. The van der Waals surface area contributed by atoms with Crippen molar-refractivity contribution in [3.63, 3.8) is 0 Å². The van der Waals surface area contributed by atoms with E-state index in [9.17, 15) is 4.79 Å². The molecule has 0 saturated carbocycles. The summed E-state index contributed by atoms with van der Waals surface area (Å²) in [5.41, 5.74) is 1.50. The zero-order valence-electron chi connectivity index (χ0n) is 6.27. The molecule has 5 heteroatoms. The fourth-order valence-corrected chi connectivity index (χ4v) is 0.943. The van der Waals surface area contributed by atoms with Gasteiger partial charge in [-0.25, -0.2) is 9.78 Å². The maximum absolute atomic E-state index is 11.0. The number of ether oxygens (including phenoxy) is 1. The molecule has 60 valence electrons. The highest BCUT2D eigenvalue weighted by molar-refractivity contribution is 7.03. The molecule has 0 fully saturated rings. The topological polar surface area (TPSA) is 52.1 Å². The molecule has 0 aliphatic carbocycles. The first-order valence-electron chi connectivity index (χ1n) is 3.17. The van der Waals surface area contributed by atoms with Crippen molar-refractivity contribution >= 4 is 17.5 Å². The number of rotatable bonds is 2. The smallest absolute Gasteiger partial charge is 0.377 e. The summed E-state index contributed by atoms with van der Waals surface area (Å²) >= 11 is 1.13. The summed E-state index contributed by atoms with van der Waals surface area (Å²) in [4.78, 5) is 14.7. The maximum Gasteiger partial charge on any atom is 0.377 e. The summed E-state index contributed by atoms with van der Waals surface area (Å²) in [6, 6.07) is 0. The number of esters is 1. The van der Waals surface area contributed by atoms with Crippen LogP contribution in [0.25, 0.3) is 0 Å². The van der Waals surface area contributed by atoms with Crippen molar-refractivity contribution < 1.29 is 9.53 Å². The molecule has 11 heavy (non-hydrogen) atoms. The first kappa shape index (κ1) is 8.13. The van der Waals surface area contributed by atoms with Crippen molar-refractivity contribution in [1.82, 2.24) is 9.36 Å². The Morgan fingerprint density at radius 1 is 1.73 bits per heavy atom. The Labute approximate surface area is 68.4 Å². The Balaban J connectivity index is 2.57. The predicted octanol–water partition coefficient (Wildman–Crippen LogP) is 1.10. The van der Waals surface area contributed by atoms with Gasteiger partial charge in [-0.1, -0.05) is 0 Å². The molecule has 0 aromatic carbocycles. The molecule has 1 heterocycles. The molecule has 0 N–H and O–H groups in total. The molecular weight excluding hydrogens is 164 g/mol. The van der Waals surface area contributed by atoms with Crippen molar-refractivity contribution in [2.45, 2.75) is 20.0 Å². The Bertz CT molecular complexity index is 233. The van der Waals surface area contributed by atoms with Gasteiger partial charge in [0.25, 0.3) is 5.82 Å². The Hall–Kier alpha value is -0.970. The summed E-state index contributed by atoms with van der Waals surface area (Å²) in [6.07, 6.45) is -0.119. The van der Waals surface area contributed by atoms with Gasteiger partial charge in [-0.15, -0.1) is 0 Å². The van der Waals surface area contributed by atoms with Gasteiger partial charge in [-0.2, -0.15) is 4.37 Å². The van der Waals surface area contributed by atoms with Crippen LogP contribution in [0.5, 0.6) is 0 Å². The molecule has 0 amide bonds. The van der Waals surface area contributed by atoms with Gasteiger partial charge in [-0.05, 0) is 25.4 Å². The first-order chi connectivity index (χ1) is 5.20. The van der Waals surface area contributed by atoms with Crippen molar-refractivity contribution in [1.29, 1.82) is 0 Å². The van der Waals surface area contributed by atoms with E-state index in [1.165, 1.54) is 5.51 Å². The molecule has 1 rings (SSSR count). The van der Waals surface area contributed by atoms with E-state index < -0.39 is 5.97 Å². The molecule has 1 aromatic heterocycles. The van der Waals surface area contributed by atoms with Crippen LogP contribution < -0.4 is 0 Å². The SMILES string of the molecule is CC(C)OC(=O)c1ncsn1. The Kier molecular flexibility index (Phi) is 2.53. The van der Waals surface area contributed by atoms with E-state index in [1.807, 2.05) is 0 Å². The van der Waals surface area contributed by atoms with E-state index in [0.717, 1.165) is 11.5 Å². The van der Waals surface area contributed by atoms with Crippen LogP contribution in [0.4, 0.5) is 0 Å². The molecule has 0 aliphatic heterocycles. The molecule has 0 aliphatic rings. The minimum absolute atomic E-state index is 0.119. The lowest BCUT2D eigenvalue weighted by Crippen LogP contribution is -2.12. The van der Waals surface area contributed by atoms with Gasteiger partial charge in [0, 0.05) is 0 Å². The largest absolute Gasteiger partial charge is 0.457 e. The van der Waals surface area contributed by atoms with E-state index in [2.05, 4.69) is 9.36 Å². The van der Waals surface area contributed by atoms with Gasteiger partial charge in [-0.3, -0.25) is 0 Å². The molecule has 1 aromatic rings. The zero-order valence-corrected chi connectivity index (χ0v) is 7.09. The summed E-state index contributed by atoms with van der Waals surface area (Å²) in [7, 11) is 0. The van der Waals surface area contributed by atoms with Crippen molar-refractivity contribution in [3.8, 4) is 0 Å². The normalized spacial score (nSPS) is 10.1. The second kappa shape index (κ2) is 3.43. The van der Waals surface area contributed by atoms with Crippen LogP contribution in [-0.2, 0) is 4.74 Å². The average molecular weight is 172 g/mol. The van der Waals surface area contributed by atoms with Crippen LogP contribution in [0.2, 0.25) is 0 Å². The monoisotopic (exact) mass is 172 g/mol. The van der Waals surface area contributed by atoms with Gasteiger partial charge < -0.3 is 4.74 Å². The number of aromatic nitrogens is 2. The number of hydrogen-bond donors (Lipinski definition) is 0. The van der Waals surface area contributed by atoms with Gasteiger partial charge in [0.2, 0.25) is 0 Å². The summed E-state index contributed by atoms with van der Waals surface area (Å²) in [5.74, 6) is -0.315. The highest BCUT2D eigenvalue weighted by Crippen LogP contribution is 1.99.